The highest BCUT2D eigenvalue weighted by molar-refractivity contribution is 5.77. The molecule has 0 spiro atoms. The van der Waals surface area contributed by atoms with Crippen LogP contribution >= 0.6 is 0 Å². The third kappa shape index (κ3) is 3.85. The Kier molecular flexibility index (Phi) is 4.73. The number of carbonyl (C=O) groups is 1. The molecule has 0 bridgehead atoms. The number of hydrogen-bond donors (Lipinski definition) is 0. The van der Waals surface area contributed by atoms with Gasteiger partial charge in [-0.1, -0.05) is 12.2 Å². The first-order valence-electron chi connectivity index (χ1n) is 8.03. The molecule has 0 aromatic carbocycles. The maximum absolute atomic E-state index is 12.7. The lowest BCUT2D eigenvalue weighted by Crippen LogP contribution is -2.49. The van der Waals surface area contributed by atoms with Crippen molar-refractivity contribution in [1.29, 1.82) is 0 Å². The first-order chi connectivity index (χ1) is 11.4. The summed E-state index contributed by atoms with van der Waals surface area (Å²) in [6, 6.07) is 0.860. The molecule has 8 heteroatoms. The SMILES string of the molecule is O=C(C[C@H]1C=CCC1)N1CCN(c2nccc(C(F)(F)F)n2)CC1. The average Bonchev–Trinajstić information content (AvgIpc) is 3.07. The van der Waals surface area contributed by atoms with Crippen molar-refractivity contribution < 1.29 is 18.0 Å². The highest BCUT2D eigenvalue weighted by Gasteiger charge is 2.33. The normalized spacial score (nSPS) is 21.4. The summed E-state index contributed by atoms with van der Waals surface area (Å²) in [7, 11) is 0. The molecule has 0 radical (unpaired) electrons. The number of alkyl halides is 3. The molecule has 1 fully saturated rings. The Labute approximate surface area is 138 Å². The van der Waals surface area contributed by atoms with Gasteiger partial charge in [0.1, 0.15) is 5.69 Å². The van der Waals surface area contributed by atoms with Gasteiger partial charge in [-0.2, -0.15) is 13.2 Å². The van der Waals surface area contributed by atoms with Crippen LogP contribution in [0.3, 0.4) is 0 Å². The van der Waals surface area contributed by atoms with Gasteiger partial charge in [0.25, 0.3) is 0 Å². The third-order valence-electron chi connectivity index (χ3n) is 4.40. The number of anilines is 1. The first-order valence-corrected chi connectivity index (χ1v) is 8.03. The number of nitrogens with zero attached hydrogens (tertiary/aromatic N) is 4. The zero-order chi connectivity index (χ0) is 17.2. The minimum atomic E-state index is -4.48. The van der Waals surface area contributed by atoms with Crippen LogP contribution in [0.15, 0.2) is 24.4 Å². The van der Waals surface area contributed by atoms with E-state index in [1.165, 1.54) is 0 Å². The second-order valence-electron chi connectivity index (χ2n) is 6.08. The van der Waals surface area contributed by atoms with Crippen molar-refractivity contribution in [2.75, 3.05) is 31.1 Å². The molecule has 24 heavy (non-hydrogen) atoms. The van der Waals surface area contributed by atoms with Gasteiger partial charge in [0, 0.05) is 38.8 Å². The lowest BCUT2D eigenvalue weighted by atomic mass is 10.0. The smallest absolute Gasteiger partial charge is 0.339 e. The zero-order valence-electron chi connectivity index (χ0n) is 13.2. The Balaban J connectivity index is 1.57. The number of allylic oxidation sites excluding steroid dienone is 2. The van der Waals surface area contributed by atoms with Gasteiger partial charge in [-0.3, -0.25) is 4.79 Å². The molecule has 1 aliphatic carbocycles. The molecule has 0 N–H and O–H groups in total. The van der Waals surface area contributed by atoms with Crippen molar-refractivity contribution in [2.24, 2.45) is 5.92 Å². The van der Waals surface area contributed by atoms with E-state index in [1.807, 2.05) is 0 Å². The van der Waals surface area contributed by atoms with E-state index in [0.29, 0.717) is 38.5 Å². The molecular weight excluding hydrogens is 321 g/mol. The number of amides is 1. The topological polar surface area (TPSA) is 49.3 Å². The molecule has 3 rings (SSSR count). The van der Waals surface area contributed by atoms with Gasteiger partial charge >= 0.3 is 6.18 Å². The molecular formula is C16H19F3N4O. The number of aromatic nitrogens is 2. The number of rotatable bonds is 3. The van der Waals surface area contributed by atoms with E-state index in [1.54, 1.807) is 9.80 Å². The fourth-order valence-electron chi connectivity index (χ4n) is 3.03. The molecule has 1 aromatic rings. The predicted octanol–water partition coefficient (Wildman–Crippen LogP) is 2.50. The van der Waals surface area contributed by atoms with Crippen molar-refractivity contribution in [3.8, 4) is 0 Å². The summed E-state index contributed by atoms with van der Waals surface area (Å²) >= 11 is 0. The van der Waals surface area contributed by atoms with Gasteiger partial charge in [0.05, 0.1) is 0 Å². The fraction of sp³-hybridized carbons (Fsp3) is 0.562. The Bertz CT molecular complexity index is 624. The Morgan fingerprint density at radius 2 is 2.00 bits per heavy atom. The quantitative estimate of drug-likeness (QED) is 0.794. The maximum atomic E-state index is 12.7. The predicted molar refractivity (Wildman–Crippen MR) is 82.3 cm³/mol. The van der Waals surface area contributed by atoms with Crippen LogP contribution in [-0.4, -0.2) is 47.0 Å². The van der Waals surface area contributed by atoms with Crippen LogP contribution in [0.25, 0.3) is 0 Å². The summed E-state index contributed by atoms with van der Waals surface area (Å²) in [6.07, 6.45) is 3.38. The molecule has 1 atom stereocenters. The summed E-state index contributed by atoms with van der Waals surface area (Å²) in [5, 5.41) is 0. The largest absolute Gasteiger partial charge is 0.433 e. The van der Waals surface area contributed by atoms with E-state index in [2.05, 4.69) is 22.1 Å². The van der Waals surface area contributed by atoms with Gasteiger partial charge < -0.3 is 9.80 Å². The van der Waals surface area contributed by atoms with Crippen molar-refractivity contribution in [1.82, 2.24) is 14.9 Å². The number of piperazine rings is 1. The van der Waals surface area contributed by atoms with Crippen LogP contribution in [0, 0.1) is 5.92 Å². The number of halogens is 3. The summed E-state index contributed by atoms with van der Waals surface area (Å²) < 4.78 is 38.2. The highest BCUT2D eigenvalue weighted by Crippen LogP contribution is 2.28. The standard InChI is InChI=1S/C16H19F3N4O/c17-16(18,19)13-5-6-20-15(21-13)23-9-7-22(8-10-23)14(24)11-12-3-1-2-4-12/h1,3,5-6,12H,2,4,7-11H2/t12-/m0/s1. The lowest BCUT2D eigenvalue weighted by molar-refractivity contribution is -0.141. The van der Waals surface area contributed by atoms with Crippen LogP contribution < -0.4 is 4.90 Å². The Hall–Kier alpha value is -2.12. The summed E-state index contributed by atoms with van der Waals surface area (Å²) in [6.45, 7) is 1.84. The van der Waals surface area contributed by atoms with E-state index in [0.717, 1.165) is 25.1 Å². The second-order valence-corrected chi connectivity index (χ2v) is 6.08. The van der Waals surface area contributed by atoms with Gasteiger partial charge in [0.2, 0.25) is 11.9 Å². The third-order valence-corrected chi connectivity index (χ3v) is 4.40. The van der Waals surface area contributed by atoms with E-state index < -0.39 is 11.9 Å². The molecule has 1 saturated heterocycles. The second kappa shape index (κ2) is 6.78. The molecule has 2 aliphatic rings. The maximum Gasteiger partial charge on any atom is 0.433 e. The van der Waals surface area contributed by atoms with Crippen molar-refractivity contribution in [2.45, 2.75) is 25.4 Å². The average molecular weight is 340 g/mol. The van der Waals surface area contributed by atoms with Crippen LogP contribution in [0.4, 0.5) is 19.1 Å². The molecule has 2 heterocycles. The molecule has 130 valence electrons. The molecule has 1 aromatic heterocycles. The van der Waals surface area contributed by atoms with Crippen molar-refractivity contribution in [3.63, 3.8) is 0 Å². The molecule has 5 nitrogen and oxygen atoms in total. The highest BCUT2D eigenvalue weighted by atomic mass is 19.4. The zero-order valence-corrected chi connectivity index (χ0v) is 13.2. The minimum Gasteiger partial charge on any atom is -0.339 e. The van der Waals surface area contributed by atoms with E-state index in [-0.39, 0.29) is 11.9 Å². The van der Waals surface area contributed by atoms with Gasteiger partial charge in [0.15, 0.2) is 0 Å². The fourth-order valence-corrected chi connectivity index (χ4v) is 3.03. The number of carbonyl (C=O) groups excluding carboxylic acids is 1. The summed E-state index contributed by atoms with van der Waals surface area (Å²) in [5.74, 6) is 0.495. The van der Waals surface area contributed by atoms with E-state index >= 15 is 0 Å². The monoisotopic (exact) mass is 340 g/mol. The molecule has 0 unspecified atom stereocenters. The lowest BCUT2D eigenvalue weighted by Gasteiger charge is -2.35. The van der Waals surface area contributed by atoms with E-state index in [9.17, 15) is 18.0 Å². The van der Waals surface area contributed by atoms with Crippen LogP contribution in [-0.2, 0) is 11.0 Å². The van der Waals surface area contributed by atoms with Gasteiger partial charge in [-0.05, 0) is 24.8 Å². The molecule has 1 amide bonds. The summed E-state index contributed by atoms with van der Waals surface area (Å²) in [4.78, 5) is 23.3. The molecule has 1 aliphatic heterocycles. The number of hydrogen-bond acceptors (Lipinski definition) is 4. The van der Waals surface area contributed by atoms with Crippen LogP contribution in [0.5, 0.6) is 0 Å². The molecule has 0 saturated carbocycles. The van der Waals surface area contributed by atoms with Crippen LogP contribution in [0.2, 0.25) is 0 Å². The Morgan fingerprint density at radius 3 is 2.62 bits per heavy atom. The van der Waals surface area contributed by atoms with E-state index in [4.69, 9.17) is 0 Å². The van der Waals surface area contributed by atoms with Crippen molar-refractivity contribution in [3.05, 3.63) is 30.1 Å². The van der Waals surface area contributed by atoms with Crippen molar-refractivity contribution >= 4 is 11.9 Å². The van der Waals surface area contributed by atoms with Crippen LogP contribution in [0.1, 0.15) is 25.0 Å². The first kappa shape index (κ1) is 16.7. The Morgan fingerprint density at radius 1 is 1.25 bits per heavy atom. The minimum absolute atomic E-state index is 0.0654. The van der Waals surface area contributed by atoms with Gasteiger partial charge in [-0.25, -0.2) is 9.97 Å². The summed E-state index contributed by atoms with van der Waals surface area (Å²) in [5.41, 5.74) is -0.945. The van der Waals surface area contributed by atoms with Gasteiger partial charge in [-0.15, -0.1) is 0 Å².